The maximum atomic E-state index is 13.3. The van der Waals surface area contributed by atoms with Crippen LogP contribution in [-0.2, 0) is 5.75 Å². The van der Waals surface area contributed by atoms with Crippen LogP contribution in [0.25, 0.3) is 10.9 Å². The first-order valence-electron chi connectivity index (χ1n) is 9.05. The molecule has 0 saturated carbocycles. The van der Waals surface area contributed by atoms with Crippen LogP contribution in [0.1, 0.15) is 30.9 Å². The van der Waals surface area contributed by atoms with Crippen LogP contribution in [0.5, 0.6) is 0 Å². The summed E-state index contributed by atoms with van der Waals surface area (Å²) < 4.78 is 28.7. The third-order valence-electron chi connectivity index (χ3n) is 4.73. The highest BCUT2D eigenvalue weighted by molar-refractivity contribution is 7.98. The highest BCUT2D eigenvalue weighted by Crippen LogP contribution is 2.27. The maximum absolute atomic E-state index is 13.3. The summed E-state index contributed by atoms with van der Waals surface area (Å²) in [6.07, 6.45) is 2.59. The molecule has 0 amide bonds. The van der Waals surface area contributed by atoms with Crippen LogP contribution in [0.3, 0.4) is 0 Å². The number of imidazole rings is 1. The fourth-order valence-electron chi connectivity index (χ4n) is 3.21. The second kappa shape index (κ2) is 8.16. The number of hydrogen-bond acceptors (Lipinski definition) is 4. The lowest BCUT2D eigenvalue weighted by Gasteiger charge is -2.20. The zero-order chi connectivity index (χ0) is 20.4. The van der Waals surface area contributed by atoms with E-state index in [1.165, 1.54) is 24.2 Å². The van der Waals surface area contributed by atoms with Gasteiger partial charge in [0.15, 0.2) is 5.16 Å². The minimum Gasteiger partial charge on any atom is -0.280 e. The van der Waals surface area contributed by atoms with Gasteiger partial charge in [0, 0.05) is 12.4 Å². The van der Waals surface area contributed by atoms with E-state index < -0.39 is 6.55 Å². The van der Waals surface area contributed by atoms with Crippen molar-refractivity contribution in [2.75, 3.05) is 0 Å². The summed E-state index contributed by atoms with van der Waals surface area (Å²) >= 11 is 1.22. The molecule has 0 aliphatic carbocycles. The van der Waals surface area contributed by atoms with Gasteiger partial charge in [0.05, 0.1) is 22.7 Å². The van der Waals surface area contributed by atoms with Gasteiger partial charge < -0.3 is 0 Å². The molecule has 8 heteroatoms. The lowest BCUT2D eigenvalue weighted by Crippen LogP contribution is -2.27. The Kier molecular flexibility index (Phi) is 5.44. The van der Waals surface area contributed by atoms with Crippen LogP contribution < -0.4 is 5.56 Å². The van der Waals surface area contributed by atoms with Crippen LogP contribution in [0, 0.1) is 0 Å². The molecular formula is C21H18F2N4OS. The number of hydrogen-bond donors (Lipinski definition) is 0. The van der Waals surface area contributed by atoms with E-state index in [4.69, 9.17) is 0 Å². The number of halogens is 2. The molecule has 0 saturated heterocycles. The highest BCUT2D eigenvalue weighted by atomic mass is 32.2. The molecule has 29 heavy (non-hydrogen) atoms. The third kappa shape index (κ3) is 3.80. The van der Waals surface area contributed by atoms with E-state index >= 15 is 0 Å². The molecule has 0 aliphatic rings. The van der Waals surface area contributed by atoms with Crippen molar-refractivity contribution < 1.29 is 8.78 Å². The molecule has 2 heterocycles. The summed E-state index contributed by atoms with van der Waals surface area (Å²) in [5, 5.41) is 0.989. The Hall–Kier alpha value is -3.00. The first-order valence-corrected chi connectivity index (χ1v) is 10.0. The fourth-order valence-corrected chi connectivity index (χ4v) is 4.24. The molecule has 0 fully saturated rings. The number of fused-ring (bicyclic) bond motifs is 1. The Morgan fingerprint density at radius 3 is 2.55 bits per heavy atom. The molecular weight excluding hydrogens is 394 g/mol. The molecule has 4 aromatic rings. The summed E-state index contributed by atoms with van der Waals surface area (Å²) in [4.78, 5) is 21.9. The van der Waals surface area contributed by atoms with Crippen molar-refractivity contribution in [2.24, 2.45) is 0 Å². The highest BCUT2D eigenvalue weighted by Gasteiger charge is 2.19. The minimum atomic E-state index is -2.66. The lowest BCUT2D eigenvalue weighted by molar-refractivity contribution is 0.0678. The van der Waals surface area contributed by atoms with E-state index in [-0.39, 0.29) is 23.2 Å². The minimum absolute atomic E-state index is 0.161. The monoisotopic (exact) mass is 412 g/mol. The SMILES string of the molecule is CC(c1ccccc1)n1c(SCc2nccn2C(F)F)nc2ccccc2c1=O. The summed E-state index contributed by atoms with van der Waals surface area (Å²) in [7, 11) is 0. The van der Waals surface area contributed by atoms with Gasteiger partial charge in [0.1, 0.15) is 5.82 Å². The third-order valence-corrected chi connectivity index (χ3v) is 5.68. The zero-order valence-electron chi connectivity index (χ0n) is 15.6. The van der Waals surface area contributed by atoms with Crippen molar-refractivity contribution >= 4 is 22.7 Å². The number of aromatic nitrogens is 4. The van der Waals surface area contributed by atoms with Crippen molar-refractivity contribution in [3.63, 3.8) is 0 Å². The van der Waals surface area contributed by atoms with Crippen LogP contribution in [0.15, 0.2) is 76.9 Å². The van der Waals surface area contributed by atoms with Gasteiger partial charge in [-0.1, -0.05) is 54.2 Å². The second-order valence-electron chi connectivity index (χ2n) is 6.49. The van der Waals surface area contributed by atoms with Crippen molar-refractivity contribution in [3.8, 4) is 0 Å². The number of rotatable bonds is 6. The molecule has 0 bridgehead atoms. The largest absolute Gasteiger partial charge is 0.319 e. The topological polar surface area (TPSA) is 52.7 Å². The van der Waals surface area contributed by atoms with E-state index in [9.17, 15) is 13.6 Å². The summed E-state index contributed by atoms with van der Waals surface area (Å²) in [5.41, 5.74) is 1.38. The van der Waals surface area contributed by atoms with Gasteiger partial charge in [-0.2, -0.15) is 8.78 Å². The Labute approximate surface area is 170 Å². The van der Waals surface area contributed by atoms with Gasteiger partial charge in [0.25, 0.3) is 5.56 Å². The lowest BCUT2D eigenvalue weighted by atomic mass is 10.1. The smallest absolute Gasteiger partial charge is 0.280 e. The van der Waals surface area contributed by atoms with Crippen LogP contribution >= 0.6 is 11.8 Å². The van der Waals surface area contributed by atoms with Crippen molar-refractivity contribution in [2.45, 2.75) is 30.4 Å². The molecule has 0 aliphatic heterocycles. The average Bonchev–Trinajstić information content (AvgIpc) is 3.22. The number of benzene rings is 2. The standard InChI is InChI=1S/C21H18F2N4OS/c1-14(15-7-3-2-4-8-15)27-19(28)16-9-5-6-10-17(16)25-21(27)29-13-18-24-11-12-26(18)20(22)23/h2-12,14,20H,13H2,1H3. The first kappa shape index (κ1) is 19.3. The Bertz CT molecular complexity index is 1190. The van der Waals surface area contributed by atoms with E-state index in [0.29, 0.717) is 16.1 Å². The zero-order valence-corrected chi connectivity index (χ0v) is 16.4. The molecule has 0 N–H and O–H groups in total. The summed E-state index contributed by atoms with van der Waals surface area (Å²) in [5.74, 6) is 0.398. The van der Waals surface area contributed by atoms with E-state index in [1.807, 2.05) is 43.3 Å². The van der Waals surface area contributed by atoms with Crippen molar-refractivity contribution in [3.05, 3.63) is 88.7 Å². The molecule has 1 unspecified atom stereocenters. The Morgan fingerprint density at radius 2 is 1.79 bits per heavy atom. The van der Waals surface area contributed by atoms with Gasteiger partial charge in [0.2, 0.25) is 0 Å². The number of para-hydroxylation sites is 1. The van der Waals surface area contributed by atoms with Crippen LogP contribution in [-0.4, -0.2) is 19.1 Å². The molecule has 0 spiro atoms. The van der Waals surface area contributed by atoms with Gasteiger partial charge in [-0.15, -0.1) is 0 Å². The van der Waals surface area contributed by atoms with Gasteiger partial charge in [-0.3, -0.25) is 13.9 Å². The number of thioether (sulfide) groups is 1. The molecule has 4 rings (SSSR count). The predicted octanol–water partition coefficient (Wildman–Crippen LogP) is 4.89. The Balaban J connectivity index is 1.79. The van der Waals surface area contributed by atoms with Crippen molar-refractivity contribution in [1.29, 1.82) is 0 Å². The molecule has 148 valence electrons. The normalized spacial score (nSPS) is 12.6. The van der Waals surface area contributed by atoms with Crippen molar-refractivity contribution in [1.82, 2.24) is 19.1 Å². The van der Waals surface area contributed by atoms with E-state index in [1.54, 1.807) is 22.8 Å². The molecule has 2 aromatic carbocycles. The van der Waals surface area contributed by atoms with Crippen LogP contribution in [0.2, 0.25) is 0 Å². The maximum Gasteiger partial charge on any atom is 0.319 e. The quantitative estimate of drug-likeness (QED) is 0.334. The molecule has 1 atom stereocenters. The average molecular weight is 412 g/mol. The number of alkyl halides is 2. The summed E-state index contributed by atoms with van der Waals surface area (Å²) in [6.45, 7) is -0.736. The predicted molar refractivity (Wildman–Crippen MR) is 109 cm³/mol. The first-order chi connectivity index (χ1) is 14.1. The van der Waals surface area contributed by atoms with E-state index in [0.717, 1.165) is 10.1 Å². The van der Waals surface area contributed by atoms with Gasteiger partial charge >= 0.3 is 6.55 Å². The van der Waals surface area contributed by atoms with Gasteiger partial charge in [-0.05, 0) is 24.6 Å². The Morgan fingerprint density at radius 1 is 1.07 bits per heavy atom. The van der Waals surface area contributed by atoms with Gasteiger partial charge in [-0.25, -0.2) is 9.97 Å². The molecule has 0 radical (unpaired) electrons. The summed E-state index contributed by atoms with van der Waals surface area (Å²) in [6, 6.07) is 16.5. The second-order valence-corrected chi connectivity index (χ2v) is 7.43. The molecule has 2 aromatic heterocycles. The fraction of sp³-hybridized carbons (Fsp3) is 0.190. The van der Waals surface area contributed by atoms with E-state index in [2.05, 4.69) is 9.97 Å². The van der Waals surface area contributed by atoms with Crippen LogP contribution in [0.4, 0.5) is 8.78 Å². The number of nitrogens with zero attached hydrogens (tertiary/aromatic N) is 4. The molecule has 5 nitrogen and oxygen atoms in total.